The van der Waals surface area contributed by atoms with Gasteiger partial charge in [-0.2, -0.15) is 0 Å². The van der Waals surface area contributed by atoms with Crippen molar-refractivity contribution in [3.05, 3.63) is 46.1 Å². The van der Waals surface area contributed by atoms with E-state index in [0.717, 1.165) is 5.56 Å². The highest BCUT2D eigenvalue weighted by Gasteiger charge is 2.13. The number of hydrogen-bond donors (Lipinski definition) is 0. The van der Waals surface area contributed by atoms with Crippen molar-refractivity contribution >= 4 is 29.0 Å². The molecule has 0 saturated heterocycles. The Hall–Kier alpha value is -1.29. The monoisotopic (exact) mass is 311 g/mol. The number of nitrogens with zero attached hydrogens (tertiary/aromatic N) is 1. The van der Waals surface area contributed by atoms with E-state index in [1.807, 2.05) is 19.0 Å². The lowest BCUT2D eigenvalue weighted by atomic mass is 10.2. The van der Waals surface area contributed by atoms with Crippen molar-refractivity contribution in [2.24, 2.45) is 0 Å². The summed E-state index contributed by atoms with van der Waals surface area (Å²) in [6.45, 7) is 0.692. The molecule has 0 aliphatic heterocycles. The average molecular weight is 312 g/mol. The molecule has 0 atom stereocenters. The predicted octanol–water partition coefficient (Wildman–Crippen LogP) is 4.39. The molecule has 106 valence electrons. The summed E-state index contributed by atoms with van der Waals surface area (Å²) in [5.74, 6) is 0.929. The molecular weight excluding hydrogens is 297 g/mol. The van der Waals surface area contributed by atoms with E-state index < -0.39 is 0 Å². The molecule has 2 rings (SSSR count). The largest absolute Gasteiger partial charge is 0.453 e. The van der Waals surface area contributed by atoms with Gasteiger partial charge in [-0.15, -0.1) is 0 Å². The fourth-order valence-corrected chi connectivity index (χ4v) is 2.31. The third-order valence-corrected chi connectivity index (χ3v) is 3.25. The second kappa shape index (κ2) is 6.44. The van der Waals surface area contributed by atoms with Gasteiger partial charge in [0.2, 0.25) is 0 Å². The Morgan fingerprint density at radius 3 is 2.40 bits per heavy atom. The summed E-state index contributed by atoms with van der Waals surface area (Å²) in [5.41, 5.74) is 0.758. The third kappa shape index (κ3) is 3.85. The van der Waals surface area contributed by atoms with Crippen LogP contribution in [0, 0.1) is 0 Å². The van der Waals surface area contributed by atoms with Crippen molar-refractivity contribution in [2.45, 2.75) is 6.42 Å². The van der Waals surface area contributed by atoms with Gasteiger partial charge in [0.15, 0.2) is 11.5 Å². The van der Waals surface area contributed by atoms with Gasteiger partial charge in [0.1, 0.15) is 5.76 Å². The summed E-state index contributed by atoms with van der Waals surface area (Å²) in [7, 11) is 3.85. The molecule has 0 aliphatic carbocycles. The van der Waals surface area contributed by atoms with Crippen LogP contribution in [-0.4, -0.2) is 31.3 Å². The number of benzene rings is 1. The first-order chi connectivity index (χ1) is 9.45. The number of rotatable bonds is 5. The highest BCUT2D eigenvalue weighted by atomic mass is 35.5. The number of furan rings is 1. The first-order valence-electron chi connectivity index (χ1n) is 6.20. The number of halogens is 2. The molecule has 0 N–H and O–H groups in total. The maximum Gasteiger partial charge on any atom is 0.199 e. The summed E-state index contributed by atoms with van der Waals surface area (Å²) >= 11 is 11.9. The number of hydrogen-bond acceptors (Lipinski definition) is 3. The molecule has 2 aromatic rings. The standard InChI is InChI=1S/C15H15Cl2NO2/c1-18(2)6-5-13(19)15-4-3-14(20-15)10-7-11(16)9-12(17)8-10/h3-4,7-9H,5-6H2,1-2H3. The van der Waals surface area contributed by atoms with Crippen LogP contribution in [0.25, 0.3) is 11.3 Å². The Kier molecular flexibility index (Phi) is 4.86. The fourth-order valence-electron chi connectivity index (χ4n) is 1.79. The van der Waals surface area contributed by atoms with Gasteiger partial charge in [0, 0.05) is 28.6 Å². The van der Waals surface area contributed by atoms with Gasteiger partial charge in [-0.1, -0.05) is 23.2 Å². The van der Waals surface area contributed by atoms with Gasteiger partial charge in [-0.25, -0.2) is 0 Å². The Bertz CT molecular complexity index is 600. The zero-order chi connectivity index (χ0) is 14.7. The van der Waals surface area contributed by atoms with E-state index in [-0.39, 0.29) is 5.78 Å². The van der Waals surface area contributed by atoms with Crippen LogP contribution in [0.1, 0.15) is 17.0 Å². The quantitative estimate of drug-likeness (QED) is 0.768. The van der Waals surface area contributed by atoms with E-state index in [1.54, 1.807) is 30.3 Å². The maximum absolute atomic E-state index is 12.0. The third-order valence-electron chi connectivity index (χ3n) is 2.81. The summed E-state index contributed by atoms with van der Waals surface area (Å²) in [4.78, 5) is 13.9. The summed E-state index contributed by atoms with van der Waals surface area (Å²) in [5, 5.41) is 1.06. The van der Waals surface area contributed by atoms with Crippen molar-refractivity contribution in [1.82, 2.24) is 4.90 Å². The molecule has 5 heteroatoms. The average Bonchev–Trinajstić information content (AvgIpc) is 2.84. The van der Waals surface area contributed by atoms with Crippen LogP contribution in [0.3, 0.4) is 0 Å². The first-order valence-corrected chi connectivity index (χ1v) is 6.95. The lowest BCUT2D eigenvalue weighted by molar-refractivity contribution is 0.0946. The number of carbonyl (C=O) groups is 1. The minimum absolute atomic E-state index is 0.0157. The Morgan fingerprint density at radius 1 is 1.15 bits per heavy atom. The molecule has 0 fully saturated rings. The lowest BCUT2D eigenvalue weighted by Gasteiger charge is -2.06. The van der Waals surface area contributed by atoms with Crippen LogP contribution in [-0.2, 0) is 0 Å². The lowest BCUT2D eigenvalue weighted by Crippen LogP contribution is -2.16. The Balaban J connectivity index is 2.18. The van der Waals surface area contributed by atoms with E-state index in [4.69, 9.17) is 27.6 Å². The molecule has 0 radical (unpaired) electrons. The van der Waals surface area contributed by atoms with E-state index in [1.165, 1.54) is 0 Å². The van der Waals surface area contributed by atoms with Crippen molar-refractivity contribution in [1.29, 1.82) is 0 Å². The van der Waals surface area contributed by atoms with E-state index in [9.17, 15) is 4.79 Å². The Morgan fingerprint density at radius 2 is 1.80 bits per heavy atom. The fraction of sp³-hybridized carbons (Fsp3) is 0.267. The molecule has 3 nitrogen and oxygen atoms in total. The molecule has 0 bridgehead atoms. The number of Topliss-reactive ketones (excluding diaryl/α,β-unsaturated/α-hetero) is 1. The maximum atomic E-state index is 12.0. The minimum Gasteiger partial charge on any atom is -0.453 e. The van der Waals surface area contributed by atoms with Crippen molar-refractivity contribution in [3.8, 4) is 11.3 Å². The van der Waals surface area contributed by atoms with E-state index in [0.29, 0.717) is 34.5 Å². The highest BCUT2D eigenvalue weighted by molar-refractivity contribution is 6.35. The zero-order valence-corrected chi connectivity index (χ0v) is 12.8. The van der Waals surface area contributed by atoms with E-state index >= 15 is 0 Å². The van der Waals surface area contributed by atoms with E-state index in [2.05, 4.69) is 0 Å². The van der Waals surface area contributed by atoms with Crippen LogP contribution >= 0.6 is 23.2 Å². The normalized spacial score (nSPS) is 11.1. The van der Waals surface area contributed by atoms with Gasteiger partial charge in [-0.05, 0) is 44.4 Å². The van der Waals surface area contributed by atoms with Gasteiger partial charge < -0.3 is 9.32 Å². The van der Waals surface area contributed by atoms with Crippen molar-refractivity contribution < 1.29 is 9.21 Å². The van der Waals surface area contributed by atoms with Gasteiger partial charge in [0.05, 0.1) is 0 Å². The number of ketones is 1. The van der Waals surface area contributed by atoms with Gasteiger partial charge in [0.25, 0.3) is 0 Å². The van der Waals surface area contributed by atoms with Crippen molar-refractivity contribution in [3.63, 3.8) is 0 Å². The van der Waals surface area contributed by atoms with Crippen LogP contribution in [0.2, 0.25) is 10.0 Å². The van der Waals surface area contributed by atoms with Crippen LogP contribution in [0.5, 0.6) is 0 Å². The van der Waals surface area contributed by atoms with Gasteiger partial charge in [-0.3, -0.25) is 4.79 Å². The molecule has 20 heavy (non-hydrogen) atoms. The summed E-state index contributed by atoms with van der Waals surface area (Å²) in [6.07, 6.45) is 0.427. The molecule has 0 amide bonds. The smallest absolute Gasteiger partial charge is 0.199 e. The minimum atomic E-state index is -0.0157. The Labute approximate surface area is 128 Å². The molecule has 1 aromatic carbocycles. The molecule has 1 aromatic heterocycles. The molecule has 0 saturated carbocycles. The summed E-state index contributed by atoms with van der Waals surface area (Å²) in [6, 6.07) is 8.59. The van der Waals surface area contributed by atoms with Crippen LogP contribution in [0.4, 0.5) is 0 Å². The zero-order valence-electron chi connectivity index (χ0n) is 11.3. The molecule has 0 aliphatic rings. The first kappa shape index (κ1) is 15.1. The number of carbonyl (C=O) groups excluding carboxylic acids is 1. The van der Waals surface area contributed by atoms with Crippen LogP contribution < -0.4 is 0 Å². The molecular formula is C15H15Cl2NO2. The highest BCUT2D eigenvalue weighted by Crippen LogP contribution is 2.28. The molecule has 1 heterocycles. The summed E-state index contributed by atoms with van der Waals surface area (Å²) < 4.78 is 5.59. The second-order valence-corrected chi connectivity index (χ2v) is 5.67. The topological polar surface area (TPSA) is 33.5 Å². The molecule has 0 unspecified atom stereocenters. The van der Waals surface area contributed by atoms with Crippen molar-refractivity contribution in [2.75, 3.05) is 20.6 Å². The SMILES string of the molecule is CN(C)CCC(=O)c1ccc(-c2cc(Cl)cc(Cl)c2)o1. The molecule has 0 spiro atoms. The van der Waals surface area contributed by atoms with Gasteiger partial charge >= 0.3 is 0 Å². The second-order valence-electron chi connectivity index (χ2n) is 4.80. The van der Waals surface area contributed by atoms with Crippen LogP contribution in [0.15, 0.2) is 34.7 Å². The predicted molar refractivity (Wildman–Crippen MR) is 81.7 cm³/mol.